The number of carbonyl (C=O) groups is 1. The highest BCUT2D eigenvalue weighted by atomic mass is 35.5. The van der Waals surface area contributed by atoms with E-state index in [0.29, 0.717) is 0 Å². The SMILES string of the molecule is Cc1ccc2c(c1N(C)C(=O)/C=C/CN(C)C)CNC2.Cl. The highest BCUT2D eigenvalue weighted by molar-refractivity contribution is 6.02. The number of halogens is 1. The Kier molecular flexibility index (Phi) is 6.40. The molecule has 0 unspecified atom stereocenters. The monoisotopic (exact) mass is 309 g/mol. The molecule has 2 rings (SSSR count). The van der Waals surface area contributed by atoms with E-state index >= 15 is 0 Å². The molecule has 1 aromatic rings. The first-order chi connectivity index (χ1) is 9.50. The maximum Gasteiger partial charge on any atom is 0.250 e. The van der Waals surface area contributed by atoms with E-state index in [-0.39, 0.29) is 18.3 Å². The molecule has 1 heterocycles. The number of nitrogens with one attached hydrogen (secondary N) is 1. The summed E-state index contributed by atoms with van der Waals surface area (Å²) in [5.74, 6) is 0.0234. The number of amides is 1. The molecule has 0 fully saturated rings. The molecule has 1 aliphatic heterocycles. The molecule has 0 saturated heterocycles. The van der Waals surface area contributed by atoms with Gasteiger partial charge in [0.15, 0.2) is 0 Å². The number of nitrogens with zero attached hydrogens (tertiary/aromatic N) is 2. The fourth-order valence-corrected chi connectivity index (χ4v) is 2.53. The molecule has 0 radical (unpaired) electrons. The molecule has 5 heteroatoms. The Bertz CT molecular complexity index is 541. The van der Waals surface area contributed by atoms with E-state index in [1.165, 1.54) is 11.1 Å². The second kappa shape index (κ2) is 7.59. The lowest BCUT2D eigenvalue weighted by molar-refractivity contribution is -0.113. The number of likely N-dealkylation sites (N-methyl/N-ethyl adjacent to an activating group) is 2. The molecule has 1 aliphatic rings. The first-order valence-corrected chi connectivity index (χ1v) is 6.91. The lowest BCUT2D eigenvalue weighted by Crippen LogP contribution is -2.26. The number of aryl methyl sites for hydroxylation is 1. The van der Waals surface area contributed by atoms with Crippen molar-refractivity contribution in [3.05, 3.63) is 41.0 Å². The number of benzene rings is 1. The van der Waals surface area contributed by atoms with Crippen LogP contribution in [0.15, 0.2) is 24.3 Å². The van der Waals surface area contributed by atoms with Crippen LogP contribution in [-0.4, -0.2) is 38.5 Å². The predicted molar refractivity (Wildman–Crippen MR) is 90.1 cm³/mol. The first-order valence-electron chi connectivity index (χ1n) is 6.91. The fraction of sp³-hybridized carbons (Fsp3) is 0.438. The summed E-state index contributed by atoms with van der Waals surface area (Å²) in [6, 6.07) is 4.24. The fourth-order valence-electron chi connectivity index (χ4n) is 2.53. The Balaban J connectivity index is 0.00000220. The summed E-state index contributed by atoms with van der Waals surface area (Å²) in [5.41, 5.74) is 4.74. The Morgan fingerprint density at radius 1 is 1.29 bits per heavy atom. The van der Waals surface area contributed by atoms with Crippen LogP contribution in [0.1, 0.15) is 16.7 Å². The van der Waals surface area contributed by atoms with Crippen molar-refractivity contribution in [3.63, 3.8) is 0 Å². The average molecular weight is 310 g/mol. The Labute approximate surface area is 133 Å². The van der Waals surface area contributed by atoms with E-state index in [1.54, 1.807) is 11.0 Å². The van der Waals surface area contributed by atoms with E-state index in [9.17, 15) is 4.79 Å². The third-order valence-electron chi connectivity index (χ3n) is 3.60. The van der Waals surface area contributed by atoms with E-state index < -0.39 is 0 Å². The Hall–Kier alpha value is -1.36. The molecule has 0 aliphatic carbocycles. The van der Waals surface area contributed by atoms with Gasteiger partial charge in [0.1, 0.15) is 0 Å². The molecule has 4 nitrogen and oxygen atoms in total. The van der Waals surface area contributed by atoms with Gasteiger partial charge in [-0.1, -0.05) is 18.2 Å². The number of anilines is 1. The highest BCUT2D eigenvalue weighted by Crippen LogP contribution is 2.30. The van der Waals surface area contributed by atoms with Gasteiger partial charge in [-0.25, -0.2) is 0 Å². The van der Waals surface area contributed by atoms with Gasteiger partial charge >= 0.3 is 0 Å². The third kappa shape index (κ3) is 4.06. The van der Waals surface area contributed by atoms with Crippen molar-refractivity contribution in [2.24, 2.45) is 0 Å². The summed E-state index contributed by atoms with van der Waals surface area (Å²) in [4.78, 5) is 16.1. The summed E-state index contributed by atoms with van der Waals surface area (Å²) in [5, 5.41) is 3.34. The molecule has 21 heavy (non-hydrogen) atoms. The Morgan fingerprint density at radius 3 is 2.67 bits per heavy atom. The van der Waals surface area contributed by atoms with E-state index in [2.05, 4.69) is 24.4 Å². The molecule has 1 aromatic carbocycles. The van der Waals surface area contributed by atoms with Crippen molar-refractivity contribution in [2.75, 3.05) is 32.6 Å². The van der Waals surface area contributed by atoms with Gasteiger partial charge in [-0.05, 0) is 37.7 Å². The van der Waals surface area contributed by atoms with Crippen LogP contribution in [0.25, 0.3) is 0 Å². The van der Waals surface area contributed by atoms with E-state index in [4.69, 9.17) is 0 Å². The summed E-state index contributed by atoms with van der Waals surface area (Å²) in [7, 11) is 5.82. The van der Waals surface area contributed by atoms with Gasteiger partial charge in [-0.2, -0.15) is 0 Å². The number of fused-ring (bicyclic) bond motifs is 1. The van der Waals surface area contributed by atoms with Crippen molar-refractivity contribution in [1.29, 1.82) is 0 Å². The lowest BCUT2D eigenvalue weighted by Gasteiger charge is -2.21. The van der Waals surface area contributed by atoms with Crippen LogP contribution in [-0.2, 0) is 17.9 Å². The molecular weight excluding hydrogens is 286 g/mol. The zero-order valence-electron chi connectivity index (χ0n) is 13.1. The predicted octanol–water partition coefficient (Wildman–Crippen LogP) is 2.10. The number of hydrogen-bond acceptors (Lipinski definition) is 3. The van der Waals surface area contributed by atoms with Crippen molar-refractivity contribution in [2.45, 2.75) is 20.0 Å². The van der Waals surface area contributed by atoms with Crippen LogP contribution in [0.3, 0.4) is 0 Å². The molecule has 0 bridgehead atoms. The summed E-state index contributed by atoms with van der Waals surface area (Å²) in [6.45, 7) is 4.56. The maximum absolute atomic E-state index is 12.3. The van der Waals surface area contributed by atoms with E-state index in [1.807, 2.05) is 32.1 Å². The van der Waals surface area contributed by atoms with Crippen LogP contribution in [0.5, 0.6) is 0 Å². The average Bonchev–Trinajstić information content (AvgIpc) is 2.85. The molecule has 0 aromatic heterocycles. The first kappa shape index (κ1) is 17.7. The second-order valence-electron chi connectivity index (χ2n) is 5.53. The van der Waals surface area contributed by atoms with Gasteiger partial charge in [0.25, 0.3) is 0 Å². The van der Waals surface area contributed by atoms with Crippen LogP contribution >= 0.6 is 12.4 Å². The van der Waals surface area contributed by atoms with Crippen LogP contribution in [0, 0.1) is 6.92 Å². The van der Waals surface area contributed by atoms with Gasteiger partial charge < -0.3 is 15.1 Å². The minimum Gasteiger partial charge on any atom is -0.311 e. The quantitative estimate of drug-likeness (QED) is 0.865. The van der Waals surface area contributed by atoms with Crippen LogP contribution < -0.4 is 10.2 Å². The van der Waals surface area contributed by atoms with Gasteiger partial charge in [0.2, 0.25) is 5.91 Å². The van der Waals surface area contributed by atoms with Crippen molar-refractivity contribution >= 4 is 24.0 Å². The molecule has 116 valence electrons. The highest BCUT2D eigenvalue weighted by Gasteiger charge is 2.20. The molecular formula is C16H24ClN3O. The zero-order valence-corrected chi connectivity index (χ0v) is 14.0. The molecule has 1 N–H and O–H groups in total. The maximum atomic E-state index is 12.3. The second-order valence-corrected chi connectivity index (χ2v) is 5.53. The smallest absolute Gasteiger partial charge is 0.250 e. The number of carbonyl (C=O) groups excluding carboxylic acids is 1. The van der Waals surface area contributed by atoms with Gasteiger partial charge in [-0.3, -0.25) is 4.79 Å². The summed E-state index contributed by atoms with van der Waals surface area (Å²) < 4.78 is 0. The standard InChI is InChI=1S/C16H23N3O.ClH/c1-12-7-8-13-10-17-11-14(13)16(12)19(4)15(20)6-5-9-18(2)3;/h5-8,17H,9-11H2,1-4H3;1H/b6-5+;. The van der Waals surface area contributed by atoms with Crippen LogP contribution in [0.4, 0.5) is 5.69 Å². The largest absolute Gasteiger partial charge is 0.311 e. The number of hydrogen-bond donors (Lipinski definition) is 1. The van der Waals surface area contributed by atoms with Crippen molar-refractivity contribution in [1.82, 2.24) is 10.2 Å². The topological polar surface area (TPSA) is 35.6 Å². The molecule has 0 spiro atoms. The van der Waals surface area contributed by atoms with Crippen molar-refractivity contribution < 1.29 is 4.79 Å². The zero-order chi connectivity index (χ0) is 14.7. The number of rotatable bonds is 4. The minimum absolute atomic E-state index is 0. The third-order valence-corrected chi connectivity index (χ3v) is 3.60. The minimum atomic E-state index is 0. The van der Waals surface area contributed by atoms with Gasteiger partial charge in [0, 0.05) is 32.8 Å². The van der Waals surface area contributed by atoms with Gasteiger partial charge in [-0.15, -0.1) is 12.4 Å². The lowest BCUT2D eigenvalue weighted by atomic mass is 10.0. The normalized spacial score (nSPS) is 13.4. The molecule has 0 atom stereocenters. The molecule has 1 amide bonds. The summed E-state index contributed by atoms with van der Waals surface area (Å²) >= 11 is 0. The summed E-state index contributed by atoms with van der Waals surface area (Å²) in [6.07, 6.45) is 3.55. The van der Waals surface area contributed by atoms with E-state index in [0.717, 1.165) is 30.9 Å². The van der Waals surface area contributed by atoms with Crippen molar-refractivity contribution in [3.8, 4) is 0 Å². The Morgan fingerprint density at radius 2 is 2.00 bits per heavy atom. The van der Waals surface area contributed by atoms with Gasteiger partial charge in [0.05, 0.1) is 5.69 Å². The van der Waals surface area contributed by atoms with Crippen LogP contribution in [0.2, 0.25) is 0 Å². The molecule has 0 saturated carbocycles.